The summed E-state index contributed by atoms with van der Waals surface area (Å²) >= 11 is 3.46. The second-order valence-electron chi connectivity index (χ2n) is 8.44. The van der Waals surface area contributed by atoms with E-state index in [1.807, 2.05) is 66.7 Å². The summed E-state index contributed by atoms with van der Waals surface area (Å²) in [4.78, 5) is 28.7. The molecule has 0 aromatic heterocycles. The number of rotatable bonds is 13. The Kier molecular flexibility index (Phi) is 10.8. The third-order valence-electron chi connectivity index (χ3n) is 5.79. The monoisotopic (exact) mass is 552 g/mol. The molecule has 1 N–H and O–H groups in total. The lowest BCUT2D eigenvalue weighted by molar-refractivity contribution is -0.142. The topological polar surface area (TPSA) is 67.9 Å². The first-order valence-electron chi connectivity index (χ1n) is 12.1. The maximum absolute atomic E-state index is 13.6. The van der Waals surface area contributed by atoms with Crippen LogP contribution in [0.2, 0.25) is 0 Å². The number of unbranched alkanes of at least 4 members (excludes halogenated alkanes) is 1. The molecule has 3 aromatic rings. The van der Waals surface area contributed by atoms with E-state index in [2.05, 4.69) is 28.2 Å². The summed E-state index contributed by atoms with van der Waals surface area (Å²) in [5.74, 6) is 0.567. The zero-order valence-electron chi connectivity index (χ0n) is 20.8. The number of methoxy groups -OCH3 is 1. The van der Waals surface area contributed by atoms with Gasteiger partial charge in [0.05, 0.1) is 7.11 Å². The van der Waals surface area contributed by atoms with Gasteiger partial charge in [0, 0.05) is 24.0 Å². The molecule has 0 bridgehead atoms. The van der Waals surface area contributed by atoms with E-state index >= 15 is 0 Å². The van der Waals surface area contributed by atoms with E-state index < -0.39 is 6.04 Å². The minimum Gasteiger partial charge on any atom is -0.493 e. The zero-order valence-corrected chi connectivity index (χ0v) is 22.4. The van der Waals surface area contributed by atoms with E-state index in [0.29, 0.717) is 24.5 Å². The molecule has 3 rings (SSSR count). The van der Waals surface area contributed by atoms with Gasteiger partial charge in [-0.05, 0) is 41.8 Å². The molecule has 3 aromatic carbocycles. The van der Waals surface area contributed by atoms with Gasteiger partial charge in [0.25, 0.3) is 5.91 Å². The van der Waals surface area contributed by atoms with Gasteiger partial charge in [-0.1, -0.05) is 83.9 Å². The zero-order chi connectivity index (χ0) is 25.8. The number of para-hydroxylation sites is 2. The first-order valence-corrected chi connectivity index (χ1v) is 12.9. The van der Waals surface area contributed by atoms with Gasteiger partial charge in [-0.15, -0.1) is 0 Å². The number of halogens is 1. The Hall–Kier alpha value is -3.32. The van der Waals surface area contributed by atoms with Crippen LogP contribution in [0, 0.1) is 0 Å². The van der Waals surface area contributed by atoms with Crippen LogP contribution in [0.3, 0.4) is 0 Å². The normalized spacial score (nSPS) is 11.4. The fraction of sp³-hybridized carbons (Fsp3) is 0.310. The molecule has 0 unspecified atom stereocenters. The van der Waals surface area contributed by atoms with Crippen molar-refractivity contribution in [2.75, 3.05) is 20.3 Å². The van der Waals surface area contributed by atoms with E-state index in [1.165, 1.54) is 0 Å². The summed E-state index contributed by atoms with van der Waals surface area (Å²) in [5.41, 5.74) is 1.90. The van der Waals surface area contributed by atoms with Crippen LogP contribution in [-0.2, 0) is 22.6 Å². The second-order valence-corrected chi connectivity index (χ2v) is 9.35. The number of carbonyl (C=O) groups is 2. The van der Waals surface area contributed by atoms with Crippen LogP contribution in [0.5, 0.6) is 11.5 Å². The smallest absolute Gasteiger partial charge is 0.261 e. The molecule has 0 heterocycles. The maximum Gasteiger partial charge on any atom is 0.261 e. The van der Waals surface area contributed by atoms with Gasteiger partial charge in [0.15, 0.2) is 18.1 Å². The molecule has 36 heavy (non-hydrogen) atoms. The fourth-order valence-electron chi connectivity index (χ4n) is 3.81. The summed E-state index contributed by atoms with van der Waals surface area (Å²) in [5, 5.41) is 3.03. The molecule has 2 amide bonds. The lowest BCUT2D eigenvalue weighted by Crippen LogP contribution is -2.51. The van der Waals surface area contributed by atoms with Gasteiger partial charge in [0.1, 0.15) is 6.04 Å². The van der Waals surface area contributed by atoms with Crippen molar-refractivity contribution in [3.8, 4) is 11.5 Å². The summed E-state index contributed by atoms with van der Waals surface area (Å²) < 4.78 is 12.1. The standard InChI is InChI=1S/C29H33BrN2O4/c1-3-4-18-31-29(34)25(19-22-10-6-5-7-11-22)32(20-23-14-16-24(30)17-15-23)28(33)21-36-27-13-9-8-12-26(27)35-2/h5-17,25H,3-4,18-21H2,1-2H3,(H,31,34)/t25-/m0/s1. The van der Waals surface area contributed by atoms with Gasteiger partial charge in [-0.3, -0.25) is 9.59 Å². The third kappa shape index (κ3) is 8.12. The highest BCUT2D eigenvalue weighted by Gasteiger charge is 2.30. The van der Waals surface area contributed by atoms with Crippen LogP contribution in [0.25, 0.3) is 0 Å². The van der Waals surface area contributed by atoms with Crippen LogP contribution in [0.4, 0.5) is 0 Å². The van der Waals surface area contributed by atoms with Gasteiger partial charge in [0.2, 0.25) is 5.91 Å². The fourth-order valence-corrected chi connectivity index (χ4v) is 4.07. The summed E-state index contributed by atoms with van der Waals surface area (Å²) in [6.45, 7) is 2.70. The minimum absolute atomic E-state index is 0.171. The molecule has 6 nitrogen and oxygen atoms in total. The Balaban J connectivity index is 1.89. The highest BCUT2D eigenvalue weighted by Crippen LogP contribution is 2.26. The SMILES string of the molecule is CCCCNC(=O)[C@H](Cc1ccccc1)N(Cc1ccc(Br)cc1)C(=O)COc1ccccc1OC. The van der Waals surface area contributed by atoms with E-state index in [9.17, 15) is 9.59 Å². The number of benzene rings is 3. The molecule has 0 radical (unpaired) electrons. The molecular formula is C29H33BrN2O4. The summed E-state index contributed by atoms with van der Waals surface area (Å²) in [6.07, 6.45) is 2.25. The number of hydrogen-bond donors (Lipinski definition) is 1. The Labute approximate surface area is 221 Å². The molecule has 7 heteroatoms. The van der Waals surface area contributed by atoms with Crippen molar-refractivity contribution in [2.24, 2.45) is 0 Å². The lowest BCUT2D eigenvalue weighted by atomic mass is 10.0. The maximum atomic E-state index is 13.6. The molecule has 190 valence electrons. The molecule has 1 atom stereocenters. The molecule has 0 fully saturated rings. The van der Waals surface area contributed by atoms with Crippen molar-refractivity contribution in [1.82, 2.24) is 10.2 Å². The van der Waals surface area contributed by atoms with Crippen LogP contribution in [0.1, 0.15) is 30.9 Å². The van der Waals surface area contributed by atoms with Gasteiger partial charge < -0.3 is 19.7 Å². The van der Waals surface area contributed by atoms with Crippen molar-refractivity contribution in [3.63, 3.8) is 0 Å². The van der Waals surface area contributed by atoms with Gasteiger partial charge in [-0.2, -0.15) is 0 Å². The van der Waals surface area contributed by atoms with Crippen molar-refractivity contribution in [2.45, 2.75) is 38.8 Å². The van der Waals surface area contributed by atoms with Crippen LogP contribution in [0.15, 0.2) is 83.3 Å². The first kappa shape index (κ1) is 27.3. The predicted octanol–water partition coefficient (Wildman–Crippen LogP) is 5.39. The first-order chi connectivity index (χ1) is 17.5. The molecule has 0 spiro atoms. The van der Waals surface area contributed by atoms with Crippen molar-refractivity contribution in [3.05, 3.63) is 94.5 Å². The highest BCUT2D eigenvalue weighted by molar-refractivity contribution is 9.10. The van der Waals surface area contributed by atoms with Gasteiger partial charge >= 0.3 is 0 Å². The quantitative estimate of drug-likeness (QED) is 0.288. The van der Waals surface area contributed by atoms with E-state index in [-0.39, 0.29) is 25.0 Å². The minimum atomic E-state index is -0.693. The molecule has 0 aliphatic heterocycles. The van der Waals surface area contributed by atoms with Crippen molar-refractivity contribution < 1.29 is 19.1 Å². The molecule has 0 aliphatic rings. The number of nitrogens with one attached hydrogen (secondary N) is 1. The lowest BCUT2D eigenvalue weighted by Gasteiger charge is -2.31. The summed E-state index contributed by atoms with van der Waals surface area (Å²) in [7, 11) is 1.56. The second kappa shape index (κ2) is 14.3. The summed E-state index contributed by atoms with van der Waals surface area (Å²) in [6, 6.07) is 24.0. The Morgan fingerprint density at radius 2 is 1.58 bits per heavy atom. The Bertz CT molecular complexity index is 1110. The number of carbonyl (C=O) groups excluding carboxylic acids is 2. The highest BCUT2D eigenvalue weighted by atomic mass is 79.9. The third-order valence-corrected chi connectivity index (χ3v) is 6.32. The van der Waals surface area contributed by atoms with Crippen molar-refractivity contribution in [1.29, 1.82) is 0 Å². The van der Waals surface area contributed by atoms with E-state index in [4.69, 9.17) is 9.47 Å². The van der Waals surface area contributed by atoms with Crippen LogP contribution >= 0.6 is 15.9 Å². The Morgan fingerprint density at radius 1 is 0.917 bits per heavy atom. The van der Waals surface area contributed by atoms with E-state index in [1.54, 1.807) is 24.1 Å². The molecule has 0 aliphatic carbocycles. The van der Waals surface area contributed by atoms with E-state index in [0.717, 1.165) is 28.4 Å². The molecule has 0 saturated heterocycles. The number of ether oxygens (including phenoxy) is 2. The largest absolute Gasteiger partial charge is 0.493 e. The average Bonchev–Trinajstić information content (AvgIpc) is 2.91. The van der Waals surface area contributed by atoms with Gasteiger partial charge in [-0.25, -0.2) is 0 Å². The predicted molar refractivity (Wildman–Crippen MR) is 145 cm³/mol. The molecule has 0 saturated carbocycles. The average molecular weight is 553 g/mol. The number of amides is 2. The Morgan fingerprint density at radius 3 is 2.25 bits per heavy atom. The number of hydrogen-bond acceptors (Lipinski definition) is 4. The van der Waals surface area contributed by atoms with Crippen molar-refractivity contribution >= 4 is 27.7 Å². The molecular weight excluding hydrogens is 520 g/mol. The number of nitrogens with zero attached hydrogens (tertiary/aromatic N) is 1. The van der Waals surface area contributed by atoms with Crippen LogP contribution < -0.4 is 14.8 Å². The van der Waals surface area contributed by atoms with Crippen LogP contribution in [-0.4, -0.2) is 43.0 Å².